The molecule has 0 saturated carbocycles. The molecule has 2 aliphatic rings. The maximum absolute atomic E-state index is 12.9. The minimum atomic E-state index is -1.30. The van der Waals surface area contributed by atoms with Crippen LogP contribution in [-0.2, 0) is 19.1 Å². The van der Waals surface area contributed by atoms with Gasteiger partial charge in [0, 0.05) is 17.5 Å². The summed E-state index contributed by atoms with van der Waals surface area (Å²) in [5.74, 6) is -1.22. The Morgan fingerprint density at radius 2 is 1.76 bits per heavy atom. The molecule has 2 heterocycles. The Kier molecular flexibility index (Phi) is 6.53. The van der Waals surface area contributed by atoms with E-state index in [-0.39, 0.29) is 23.0 Å². The first kappa shape index (κ1) is 23.6. The van der Waals surface area contributed by atoms with E-state index < -0.39 is 21.2 Å². The monoisotopic (exact) mass is 500 g/mol. The molecule has 10 nitrogen and oxygen atoms in total. The van der Waals surface area contributed by atoms with Gasteiger partial charge in [-0.1, -0.05) is 42.1 Å². The Bertz CT molecular complexity index is 1220. The van der Waals surface area contributed by atoms with Crippen LogP contribution in [-0.4, -0.2) is 39.9 Å². The SMILES string of the molecule is CCOC(=O)C1=C(C)N(c2ccccc2)C2(SC(C(=O)OC)=NN2c2ccccc2[N+](=O)[O-])S1. The van der Waals surface area contributed by atoms with Gasteiger partial charge >= 0.3 is 11.9 Å². The quantitative estimate of drug-likeness (QED) is 0.323. The van der Waals surface area contributed by atoms with Crippen molar-refractivity contribution < 1.29 is 24.0 Å². The number of hydrogen-bond acceptors (Lipinski definition) is 11. The maximum Gasteiger partial charge on any atom is 0.365 e. The van der Waals surface area contributed by atoms with Gasteiger partial charge in [0.25, 0.3) is 5.69 Å². The third-order valence-corrected chi connectivity index (χ3v) is 7.86. The van der Waals surface area contributed by atoms with Gasteiger partial charge in [0.15, 0.2) is 0 Å². The number of nitrogens with zero attached hydrogens (tertiary/aromatic N) is 4. The van der Waals surface area contributed by atoms with Crippen LogP contribution in [0, 0.1) is 10.1 Å². The Hall–Kier alpha value is -3.51. The fourth-order valence-corrected chi connectivity index (χ4v) is 6.57. The predicted molar refractivity (Wildman–Crippen MR) is 131 cm³/mol. The van der Waals surface area contributed by atoms with E-state index in [1.54, 1.807) is 32.0 Å². The van der Waals surface area contributed by atoms with Crippen molar-refractivity contribution in [2.24, 2.45) is 5.10 Å². The number of carbonyl (C=O) groups excluding carboxylic acids is 2. The molecule has 0 radical (unpaired) electrons. The number of carbonyl (C=O) groups is 2. The van der Waals surface area contributed by atoms with Gasteiger partial charge in [-0.25, -0.2) is 14.6 Å². The van der Waals surface area contributed by atoms with Gasteiger partial charge in [-0.15, -0.1) is 0 Å². The van der Waals surface area contributed by atoms with Crippen molar-refractivity contribution >= 4 is 57.6 Å². The number of benzene rings is 2. The lowest BCUT2D eigenvalue weighted by Gasteiger charge is -2.40. The minimum absolute atomic E-state index is 0.00742. The van der Waals surface area contributed by atoms with Crippen molar-refractivity contribution in [1.82, 2.24) is 0 Å². The van der Waals surface area contributed by atoms with Crippen LogP contribution in [0.1, 0.15) is 13.8 Å². The summed E-state index contributed by atoms with van der Waals surface area (Å²) in [4.78, 5) is 38.9. The number of nitro groups is 1. The largest absolute Gasteiger partial charge is 0.464 e. The normalized spacial score (nSPS) is 19.4. The van der Waals surface area contributed by atoms with Crippen LogP contribution >= 0.6 is 23.5 Å². The zero-order valence-electron chi connectivity index (χ0n) is 18.5. The number of hydrogen-bond donors (Lipinski definition) is 0. The topological polar surface area (TPSA) is 115 Å². The number of hydrazone groups is 1. The highest BCUT2D eigenvalue weighted by molar-refractivity contribution is 8.29. The van der Waals surface area contributed by atoms with Gasteiger partial charge in [0.05, 0.1) is 18.6 Å². The summed E-state index contributed by atoms with van der Waals surface area (Å²) >= 11 is 2.15. The molecule has 34 heavy (non-hydrogen) atoms. The summed E-state index contributed by atoms with van der Waals surface area (Å²) in [6.07, 6.45) is 0. The lowest BCUT2D eigenvalue weighted by Crippen LogP contribution is -2.49. The van der Waals surface area contributed by atoms with Crippen molar-refractivity contribution in [2.45, 2.75) is 18.2 Å². The fraction of sp³-hybridized carbons (Fsp3) is 0.227. The van der Waals surface area contributed by atoms with Gasteiger partial charge in [-0.2, -0.15) is 5.10 Å². The standard InChI is InChI=1S/C22H20N4O6S2/c1-4-32-20(27)18-14(2)24(15-10-6-5-7-11-15)22(33-18)25(23-19(34-22)21(28)31-3)16-12-8-9-13-17(16)26(29)30/h5-13H,4H2,1-3H3. The molecule has 0 saturated heterocycles. The molecule has 0 bridgehead atoms. The molecule has 12 heteroatoms. The average molecular weight is 501 g/mol. The summed E-state index contributed by atoms with van der Waals surface area (Å²) in [6, 6.07) is 15.3. The van der Waals surface area contributed by atoms with E-state index in [0.29, 0.717) is 16.3 Å². The van der Waals surface area contributed by atoms with Crippen LogP contribution in [0.25, 0.3) is 0 Å². The predicted octanol–water partition coefficient (Wildman–Crippen LogP) is 4.29. The van der Waals surface area contributed by atoms with Crippen LogP contribution in [0.15, 0.2) is 70.3 Å². The van der Waals surface area contributed by atoms with Crippen LogP contribution in [0.5, 0.6) is 0 Å². The summed E-state index contributed by atoms with van der Waals surface area (Å²) in [5.41, 5.74) is 1.22. The summed E-state index contributed by atoms with van der Waals surface area (Å²) in [5, 5.41) is 17.7. The first-order chi connectivity index (χ1) is 16.3. The van der Waals surface area contributed by atoms with E-state index in [1.165, 1.54) is 18.2 Å². The Labute approximate surface area is 203 Å². The second-order valence-corrected chi connectivity index (χ2v) is 9.61. The Morgan fingerprint density at radius 1 is 1.09 bits per heavy atom. The molecular weight excluding hydrogens is 480 g/mol. The van der Waals surface area contributed by atoms with Crippen molar-refractivity contribution in [1.29, 1.82) is 0 Å². The average Bonchev–Trinajstić information content (AvgIpc) is 3.36. The number of thioether (sulfide) groups is 2. The third-order valence-electron chi connectivity index (χ3n) is 5.01. The van der Waals surface area contributed by atoms with E-state index in [4.69, 9.17) is 9.47 Å². The number of para-hydroxylation sites is 3. The van der Waals surface area contributed by atoms with Crippen LogP contribution in [0.3, 0.4) is 0 Å². The number of rotatable bonds is 6. The minimum Gasteiger partial charge on any atom is -0.464 e. The molecule has 0 fully saturated rings. The number of ether oxygens (including phenoxy) is 2. The number of nitro benzene ring substituents is 1. The van der Waals surface area contributed by atoms with E-state index in [2.05, 4.69) is 5.10 Å². The molecule has 1 unspecified atom stereocenters. The summed E-state index contributed by atoms with van der Waals surface area (Å²) in [7, 11) is 1.23. The molecule has 0 aliphatic carbocycles. The fourth-order valence-electron chi connectivity index (χ4n) is 3.61. The molecule has 0 amide bonds. The molecule has 1 spiro atoms. The first-order valence-electron chi connectivity index (χ1n) is 10.2. The van der Waals surface area contributed by atoms with E-state index >= 15 is 0 Å². The molecule has 4 rings (SSSR count). The molecule has 2 aliphatic heterocycles. The van der Waals surface area contributed by atoms with Gasteiger partial charge in [0.2, 0.25) is 9.37 Å². The van der Waals surface area contributed by atoms with E-state index in [1.807, 2.05) is 35.2 Å². The van der Waals surface area contributed by atoms with Crippen LogP contribution in [0.2, 0.25) is 0 Å². The van der Waals surface area contributed by atoms with Gasteiger partial charge < -0.3 is 14.4 Å². The lowest BCUT2D eigenvalue weighted by atomic mass is 10.2. The molecule has 2 aromatic carbocycles. The molecule has 176 valence electrons. The van der Waals surface area contributed by atoms with Crippen LogP contribution in [0.4, 0.5) is 17.1 Å². The van der Waals surface area contributed by atoms with Gasteiger partial charge in [-0.3, -0.25) is 10.1 Å². The highest BCUT2D eigenvalue weighted by atomic mass is 32.2. The first-order valence-corrected chi connectivity index (χ1v) is 11.8. The van der Waals surface area contributed by atoms with Crippen molar-refractivity contribution in [3.63, 3.8) is 0 Å². The summed E-state index contributed by atoms with van der Waals surface area (Å²) in [6.45, 7) is 3.65. The lowest BCUT2D eigenvalue weighted by molar-refractivity contribution is -0.384. The van der Waals surface area contributed by atoms with E-state index in [0.717, 1.165) is 23.5 Å². The molecule has 0 N–H and O–H groups in total. The molecule has 2 aromatic rings. The van der Waals surface area contributed by atoms with Gasteiger partial charge in [-0.05, 0) is 43.8 Å². The number of anilines is 2. The smallest absolute Gasteiger partial charge is 0.365 e. The number of esters is 2. The molecule has 0 aromatic heterocycles. The highest BCUT2D eigenvalue weighted by Crippen LogP contribution is 2.61. The Morgan fingerprint density at radius 3 is 2.41 bits per heavy atom. The van der Waals surface area contributed by atoms with Gasteiger partial charge in [0.1, 0.15) is 10.6 Å². The van der Waals surface area contributed by atoms with Crippen molar-refractivity contribution in [2.75, 3.05) is 23.6 Å². The highest BCUT2D eigenvalue weighted by Gasteiger charge is 2.59. The third kappa shape index (κ3) is 3.88. The van der Waals surface area contributed by atoms with Crippen molar-refractivity contribution in [3.8, 4) is 0 Å². The maximum atomic E-state index is 12.9. The number of allylic oxidation sites excluding steroid dienone is 1. The van der Waals surface area contributed by atoms with Crippen LogP contribution < -0.4 is 9.91 Å². The molecular formula is C22H20N4O6S2. The second-order valence-electron chi connectivity index (χ2n) is 7.01. The summed E-state index contributed by atoms with van der Waals surface area (Å²) < 4.78 is 8.87. The van der Waals surface area contributed by atoms with Crippen molar-refractivity contribution in [3.05, 3.63) is 75.3 Å². The Balaban J connectivity index is 1.95. The molecule has 1 atom stereocenters. The number of methoxy groups -OCH3 is 1. The zero-order valence-corrected chi connectivity index (χ0v) is 20.1. The second kappa shape index (κ2) is 9.39. The van der Waals surface area contributed by atoms with E-state index in [9.17, 15) is 19.7 Å². The zero-order chi connectivity index (χ0) is 24.5.